The minimum absolute atomic E-state index is 0.127. The average molecular weight is 530 g/mol. The van der Waals surface area contributed by atoms with Crippen LogP contribution in [-0.2, 0) is 13.2 Å². The Bertz CT molecular complexity index is 1290. The first kappa shape index (κ1) is 32.9. The van der Waals surface area contributed by atoms with Crippen molar-refractivity contribution in [2.75, 3.05) is 0 Å². The van der Waals surface area contributed by atoms with Crippen molar-refractivity contribution in [3.63, 3.8) is 0 Å². The molecular weight excluding hydrogens is 486 g/mol. The van der Waals surface area contributed by atoms with Crippen LogP contribution in [0.2, 0.25) is 0 Å². The number of carbonyl (C=O) groups excluding carboxylic acids is 1. The summed E-state index contributed by atoms with van der Waals surface area (Å²) in [5.74, 6) is 0.0942. The maximum Gasteiger partial charge on any atom is 0.287 e. The van der Waals surface area contributed by atoms with Crippen LogP contribution in [0.15, 0.2) is 114 Å². The summed E-state index contributed by atoms with van der Waals surface area (Å²) in [5, 5.41) is 17.0. The van der Waals surface area contributed by atoms with E-state index in [2.05, 4.69) is 48.2 Å². The molecule has 2 aromatic carbocycles. The summed E-state index contributed by atoms with van der Waals surface area (Å²) in [6.45, 7) is 16.2. The highest BCUT2D eigenvalue weighted by molar-refractivity contribution is 5.91. The van der Waals surface area contributed by atoms with Crippen molar-refractivity contribution < 1.29 is 14.3 Å². The number of amides is 1. The van der Waals surface area contributed by atoms with E-state index in [1.165, 1.54) is 11.8 Å². The molecule has 1 unspecified atom stereocenters. The number of nitrogens with one attached hydrogen (secondary N) is 1. The molecule has 6 heteroatoms. The number of furan rings is 1. The lowest BCUT2D eigenvalue weighted by atomic mass is 10.1. The van der Waals surface area contributed by atoms with E-state index in [9.17, 15) is 4.79 Å². The smallest absolute Gasteiger partial charge is 0.287 e. The molecule has 0 radical (unpaired) electrons. The van der Waals surface area contributed by atoms with E-state index in [1.807, 2.05) is 88.0 Å². The van der Waals surface area contributed by atoms with Crippen molar-refractivity contribution in [2.45, 2.75) is 60.7 Å². The predicted octanol–water partition coefficient (Wildman–Crippen LogP) is 8.04. The Morgan fingerprint density at radius 1 is 1.13 bits per heavy atom. The van der Waals surface area contributed by atoms with E-state index in [0.717, 1.165) is 28.6 Å². The van der Waals surface area contributed by atoms with Gasteiger partial charge >= 0.3 is 0 Å². The zero-order valence-electron chi connectivity index (χ0n) is 24.1. The predicted molar refractivity (Wildman–Crippen MR) is 162 cm³/mol. The lowest BCUT2D eigenvalue weighted by molar-refractivity contribution is 0.0912. The molecule has 1 amide bonds. The lowest BCUT2D eigenvalue weighted by Gasteiger charge is -2.13. The maximum atomic E-state index is 12.1. The topological polar surface area (TPSA) is 80.3 Å². The standard InChI is InChI=1S/C21H23N3O2.C7H8O.C3H6.C2H6/c1-4-15(2)7-5-11-24-19-10-9-17(13-18(19)14-22-24)16(3)23-21(25)20-8-6-12-26-20;8-6-7-4-2-1-3-5-7;1-3-2;1-2/h4-10,12-14,16H,11H2,1-3H3,(H,23,25);1-5,8H,6H2;3H,1H2,2H3;1-2H3/b7-5-,15-4-;;;. The minimum atomic E-state index is -0.220. The van der Waals surface area contributed by atoms with Gasteiger partial charge in [0.05, 0.1) is 37.2 Å². The van der Waals surface area contributed by atoms with Gasteiger partial charge in [0.1, 0.15) is 0 Å². The normalized spacial score (nSPS) is 11.3. The van der Waals surface area contributed by atoms with Crippen LogP contribution in [-0.4, -0.2) is 20.8 Å². The third kappa shape index (κ3) is 11.4. The highest BCUT2D eigenvalue weighted by atomic mass is 16.3. The zero-order valence-corrected chi connectivity index (χ0v) is 24.1. The summed E-state index contributed by atoms with van der Waals surface area (Å²) < 4.78 is 7.10. The first-order valence-corrected chi connectivity index (χ1v) is 13.2. The molecule has 2 N–H and O–H groups in total. The molecule has 6 nitrogen and oxygen atoms in total. The Hall–Kier alpha value is -4.16. The monoisotopic (exact) mass is 529 g/mol. The van der Waals surface area contributed by atoms with Crippen molar-refractivity contribution in [3.8, 4) is 0 Å². The number of hydrogen-bond donors (Lipinski definition) is 2. The van der Waals surface area contributed by atoms with Gasteiger partial charge in [-0.15, -0.1) is 6.58 Å². The number of hydrogen-bond acceptors (Lipinski definition) is 4. The van der Waals surface area contributed by atoms with Gasteiger partial charge in [-0.2, -0.15) is 5.10 Å². The number of nitrogens with zero attached hydrogens (tertiary/aromatic N) is 2. The highest BCUT2D eigenvalue weighted by Gasteiger charge is 2.14. The number of fused-ring (bicyclic) bond motifs is 1. The van der Waals surface area contributed by atoms with Crippen LogP contribution in [0, 0.1) is 0 Å². The summed E-state index contributed by atoms with van der Waals surface area (Å²) in [7, 11) is 0. The van der Waals surface area contributed by atoms with Crippen molar-refractivity contribution in [3.05, 3.63) is 126 Å². The van der Waals surface area contributed by atoms with Gasteiger partial charge in [-0.25, -0.2) is 0 Å². The Morgan fingerprint density at radius 3 is 2.38 bits per heavy atom. The number of aromatic nitrogens is 2. The van der Waals surface area contributed by atoms with Gasteiger partial charge in [-0.1, -0.05) is 80.1 Å². The molecule has 39 heavy (non-hydrogen) atoms. The molecule has 0 aliphatic heterocycles. The minimum Gasteiger partial charge on any atom is -0.459 e. The molecule has 0 saturated carbocycles. The summed E-state index contributed by atoms with van der Waals surface area (Å²) in [4.78, 5) is 12.1. The van der Waals surface area contributed by atoms with Crippen LogP contribution in [0.3, 0.4) is 0 Å². The van der Waals surface area contributed by atoms with Gasteiger partial charge in [-0.3, -0.25) is 9.48 Å². The summed E-state index contributed by atoms with van der Waals surface area (Å²) >= 11 is 0. The van der Waals surface area contributed by atoms with Crippen LogP contribution >= 0.6 is 0 Å². The van der Waals surface area contributed by atoms with E-state index in [-0.39, 0.29) is 18.6 Å². The number of aliphatic hydroxyl groups is 1. The first-order valence-electron chi connectivity index (χ1n) is 13.2. The molecule has 0 spiro atoms. The van der Waals surface area contributed by atoms with Crippen LogP contribution in [0.25, 0.3) is 10.9 Å². The number of benzene rings is 2. The Balaban J connectivity index is 0.000000486. The number of allylic oxidation sites excluding steroid dienone is 5. The van der Waals surface area contributed by atoms with Gasteiger partial charge < -0.3 is 14.8 Å². The second-order valence-electron chi connectivity index (χ2n) is 8.30. The van der Waals surface area contributed by atoms with E-state index in [4.69, 9.17) is 9.52 Å². The van der Waals surface area contributed by atoms with E-state index < -0.39 is 0 Å². The maximum absolute atomic E-state index is 12.1. The van der Waals surface area contributed by atoms with Crippen molar-refractivity contribution in [1.82, 2.24) is 15.1 Å². The molecule has 1 atom stereocenters. The van der Waals surface area contributed by atoms with Gasteiger partial charge in [0, 0.05) is 5.39 Å². The molecule has 2 aromatic heterocycles. The lowest BCUT2D eigenvalue weighted by Crippen LogP contribution is -2.26. The average Bonchev–Trinajstić information content (AvgIpc) is 3.66. The second kappa shape index (κ2) is 19.0. The van der Waals surface area contributed by atoms with Gasteiger partial charge in [0.15, 0.2) is 5.76 Å². The van der Waals surface area contributed by atoms with E-state index >= 15 is 0 Å². The molecule has 0 aliphatic rings. The molecule has 208 valence electrons. The number of carbonyl (C=O) groups is 1. The van der Waals surface area contributed by atoms with Gasteiger partial charge in [-0.05, 0) is 63.1 Å². The third-order valence-electron chi connectivity index (χ3n) is 5.40. The highest BCUT2D eigenvalue weighted by Crippen LogP contribution is 2.21. The Labute approximate surface area is 233 Å². The van der Waals surface area contributed by atoms with Gasteiger partial charge in [0.2, 0.25) is 0 Å². The molecule has 0 bridgehead atoms. The first-order chi connectivity index (χ1) is 18.9. The van der Waals surface area contributed by atoms with E-state index in [1.54, 1.807) is 18.2 Å². The van der Waals surface area contributed by atoms with Crippen LogP contribution in [0.4, 0.5) is 0 Å². The Kier molecular flexibility index (Phi) is 16.0. The van der Waals surface area contributed by atoms with Crippen molar-refractivity contribution in [1.29, 1.82) is 0 Å². The summed E-state index contributed by atoms with van der Waals surface area (Å²) in [5.41, 5.74) is 4.29. The second-order valence-corrected chi connectivity index (χ2v) is 8.30. The summed E-state index contributed by atoms with van der Waals surface area (Å²) in [6.07, 6.45) is 11.4. The summed E-state index contributed by atoms with van der Waals surface area (Å²) in [6, 6.07) is 18.9. The molecule has 0 saturated heterocycles. The van der Waals surface area contributed by atoms with Crippen molar-refractivity contribution >= 4 is 16.8 Å². The van der Waals surface area contributed by atoms with E-state index in [0.29, 0.717) is 5.76 Å². The molecular formula is C33H43N3O3. The number of rotatable bonds is 7. The van der Waals surface area contributed by atoms with Crippen molar-refractivity contribution in [2.24, 2.45) is 0 Å². The number of aliphatic hydroxyl groups excluding tert-OH is 1. The van der Waals surface area contributed by atoms with Crippen LogP contribution < -0.4 is 5.32 Å². The molecule has 4 rings (SSSR count). The fraction of sp³-hybridized carbons (Fsp3) is 0.273. The fourth-order valence-corrected chi connectivity index (χ4v) is 3.30. The largest absolute Gasteiger partial charge is 0.459 e. The van der Waals surface area contributed by atoms with Crippen LogP contribution in [0.5, 0.6) is 0 Å². The molecule has 2 heterocycles. The molecule has 4 aromatic rings. The fourth-order valence-electron chi connectivity index (χ4n) is 3.30. The molecule has 0 fully saturated rings. The zero-order chi connectivity index (χ0) is 29.0. The third-order valence-corrected chi connectivity index (χ3v) is 5.40. The Morgan fingerprint density at radius 2 is 1.82 bits per heavy atom. The SMILES string of the molecule is C/C=C(C)\C=C/Cn1ncc2cc(C(C)NC(=O)c3ccco3)ccc21.C=CC.CC.OCc1ccccc1. The molecule has 0 aliphatic carbocycles. The quantitative estimate of drug-likeness (QED) is 0.187. The van der Waals surface area contributed by atoms with Crippen LogP contribution in [0.1, 0.15) is 69.3 Å². The van der Waals surface area contributed by atoms with Gasteiger partial charge in [0.25, 0.3) is 5.91 Å².